The summed E-state index contributed by atoms with van der Waals surface area (Å²) in [7, 11) is 3.30. The molecule has 94 valence electrons. The maximum atomic E-state index is 12.0. The van der Waals surface area contributed by atoms with E-state index >= 15 is 0 Å². The second-order valence-corrected chi connectivity index (χ2v) is 6.13. The lowest BCUT2D eigenvalue weighted by molar-refractivity contribution is -0.124. The number of rotatable bonds is 4. The first-order chi connectivity index (χ1) is 7.95. The monoisotopic (exact) mass is 318 g/mol. The Labute approximate surface area is 113 Å². The normalized spacial score (nSPS) is 12.0. The second kappa shape index (κ2) is 6.16. The zero-order valence-corrected chi connectivity index (χ0v) is 12.4. The van der Waals surface area contributed by atoms with Crippen molar-refractivity contribution in [3.05, 3.63) is 20.8 Å². The van der Waals surface area contributed by atoms with Crippen molar-refractivity contribution in [2.75, 3.05) is 20.6 Å². The maximum absolute atomic E-state index is 12.0. The van der Waals surface area contributed by atoms with Crippen LogP contribution >= 0.6 is 27.3 Å². The molecule has 0 bridgehead atoms. The van der Waals surface area contributed by atoms with Crippen molar-refractivity contribution in [2.45, 2.75) is 6.92 Å². The van der Waals surface area contributed by atoms with E-state index in [1.807, 2.05) is 0 Å². The first-order valence-corrected chi connectivity index (χ1v) is 6.84. The highest BCUT2D eigenvalue weighted by Gasteiger charge is 2.18. The fourth-order valence-corrected chi connectivity index (χ4v) is 2.60. The van der Waals surface area contributed by atoms with Crippen LogP contribution in [0.1, 0.15) is 17.3 Å². The Kier molecular flexibility index (Phi) is 5.14. The summed E-state index contributed by atoms with van der Waals surface area (Å²) in [6, 6.07) is 1.79. The van der Waals surface area contributed by atoms with Crippen molar-refractivity contribution in [3.8, 4) is 0 Å². The molecule has 1 aromatic heterocycles. The van der Waals surface area contributed by atoms with Gasteiger partial charge in [-0.3, -0.25) is 9.59 Å². The van der Waals surface area contributed by atoms with Crippen molar-refractivity contribution < 1.29 is 9.59 Å². The number of carbonyl (C=O) groups excluding carboxylic acids is 2. The van der Waals surface area contributed by atoms with Crippen LogP contribution in [0.5, 0.6) is 0 Å². The Morgan fingerprint density at radius 2 is 2.24 bits per heavy atom. The first-order valence-electron chi connectivity index (χ1n) is 5.16. The Morgan fingerprint density at radius 1 is 1.59 bits per heavy atom. The van der Waals surface area contributed by atoms with Gasteiger partial charge in [-0.05, 0) is 22.0 Å². The van der Waals surface area contributed by atoms with Crippen LogP contribution in [0.2, 0.25) is 0 Å². The van der Waals surface area contributed by atoms with Gasteiger partial charge in [0.25, 0.3) is 5.91 Å². The number of nitrogens with one attached hydrogen (secondary N) is 1. The minimum atomic E-state index is -0.212. The van der Waals surface area contributed by atoms with Crippen LogP contribution < -0.4 is 5.32 Å². The third-order valence-electron chi connectivity index (χ3n) is 2.40. The minimum Gasteiger partial charge on any atom is -0.359 e. The molecule has 1 unspecified atom stereocenters. The zero-order valence-electron chi connectivity index (χ0n) is 9.99. The van der Waals surface area contributed by atoms with Gasteiger partial charge in [0.05, 0.1) is 15.3 Å². The molecular formula is C11H15BrN2O2S. The number of hydrogen-bond acceptors (Lipinski definition) is 3. The molecule has 1 heterocycles. The highest BCUT2D eigenvalue weighted by molar-refractivity contribution is 9.11. The molecule has 1 N–H and O–H groups in total. The smallest absolute Gasteiger partial charge is 0.254 e. The molecule has 1 rings (SSSR count). The summed E-state index contributed by atoms with van der Waals surface area (Å²) in [5.41, 5.74) is 0.647. The highest BCUT2D eigenvalue weighted by atomic mass is 79.9. The van der Waals surface area contributed by atoms with Crippen molar-refractivity contribution in [2.24, 2.45) is 5.92 Å². The van der Waals surface area contributed by atoms with Crippen molar-refractivity contribution >= 4 is 39.1 Å². The SMILES string of the molecule is CNC(=O)C(C)CN(C)C(=O)c1csc(Br)c1. The van der Waals surface area contributed by atoms with Crippen LogP contribution in [0.4, 0.5) is 0 Å². The summed E-state index contributed by atoms with van der Waals surface area (Å²) in [5.74, 6) is -0.338. The third kappa shape index (κ3) is 3.81. The van der Waals surface area contributed by atoms with E-state index in [0.29, 0.717) is 12.1 Å². The van der Waals surface area contributed by atoms with E-state index in [0.717, 1.165) is 3.79 Å². The van der Waals surface area contributed by atoms with Crippen molar-refractivity contribution in [1.82, 2.24) is 10.2 Å². The first kappa shape index (κ1) is 14.2. The molecule has 0 fully saturated rings. The Morgan fingerprint density at radius 3 is 2.71 bits per heavy atom. The molecule has 1 atom stereocenters. The molecule has 0 aliphatic carbocycles. The molecule has 6 heteroatoms. The lowest BCUT2D eigenvalue weighted by atomic mass is 10.1. The third-order valence-corrected chi connectivity index (χ3v) is 3.91. The second-order valence-electron chi connectivity index (χ2n) is 3.84. The van der Waals surface area contributed by atoms with Gasteiger partial charge in [-0.25, -0.2) is 0 Å². The van der Waals surface area contributed by atoms with Crippen LogP contribution in [-0.4, -0.2) is 37.4 Å². The minimum absolute atomic E-state index is 0.0591. The van der Waals surface area contributed by atoms with Crippen LogP contribution in [0, 0.1) is 5.92 Å². The van der Waals surface area contributed by atoms with Crippen molar-refractivity contribution in [3.63, 3.8) is 0 Å². The van der Waals surface area contributed by atoms with Crippen LogP contribution in [-0.2, 0) is 4.79 Å². The van der Waals surface area contributed by atoms with Gasteiger partial charge in [0.1, 0.15) is 0 Å². The molecule has 0 aliphatic heterocycles. The van der Waals surface area contributed by atoms with Gasteiger partial charge in [0.2, 0.25) is 5.91 Å². The van der Waals surface area contributed by atoms with Crippen LogP contribution in [0.15, 0.2) is 15.2 Å². The molecule has 4 nitrogen and oxygen atoms in total. The van der Waals surface area contributed by atoms with E-state index in [1.54, 1.807) is 37.4 Å². The topological polar surface area (TPSA) is 49.4 Å². The number of nitrogens with zero attached hydrogens (tertiary/aromatic N) is 1. The highest BCUT2D eigenvalue weighted by Crippen LogP contribution is 2.21. The summed E-state index contributed by atoms with van der Waals surface area (Å²) >= 11 is 4.79. The van der Waals surface area contributed by atoms with Gasteiger partial charge in [0, 0.05) is 26.0 Å². The molecule has 0 aromatic carbocycles. The summed E-state index contributed by atoms with van der Waals surface area (Å²) in [6.07, 6.45) is 0. The summed E-state index contributed by atoms with van der Waals surface area (Å²) in [6.45, 7) is 2.21. The Hall–Kier alpha value is -0.880. The molecular weight excluding hydrogens is 304 g/mol. The fourth-order valence-electron chi connectivity index (χ4n) is 1.47. The van der Waals surface area contributed by atoms with Gasteiger partial charge in [-0.2, -0.15) is 0 Å². The van der Waals surface area contributed by atoms with E-state index < -0.39 is 0 Å². The van der Waals surface area contributed by atoms with E-state index in [-0.39, 0.29) is 17.7 Å². The number of thiophene rings is 1. The lowest BCUT2D eigenvalue weighted by Crippen LogP contribution is -2.37. The molecule has 17 heavy (non-hydrogen) atoms. The van der Waals surface area contributed by atoms with Crippen LogP contribution in [0.25, 0.3) is 0 Å². The fraction of sp³-hybridized carbons (Fsp3) is 0.455. The molecule has 0 aliphatic rings. The number of hydrogen-bond donors (Lipinski definition) is 1. The van der Waals surface area contributed by atoms with Gasteiger partial charge in [-0.15, -0.1) is 11.3 Å². The number of halogens is 1. The van der Waals surface area contributed by atoms with E-state index in [1.165, 1.54) is 11.3 Å². The molecule has 0 saturated carbocycles. The van der Waals surface area contributed by atoms with Gasteiger partial charge < -0.3 is 10.2 Å². The molecule has 2 amide bonds. The quantitative estimate of drug-likeness (QED) is 0.922. The summed E-state index contributed by atoms with van der Waals surface area (Å²) in [5, 5.41) is 4.37. The molecule has 0 radical (unpaired) electrons. The van der Waals surface area contributed by atoms with Crippen molar-refractivity contribution in [1.29, 1.82) is 0 Å². The average Bonchev–Trinajstić information content (AvgIpc) is 2.73. The maximum Gasteiger partial charge on any atom is 0.254 e. The average molecular weight is 319 g/mol. The van der Waals surface area contributed by atoms with Gasteiger partial charge >= 0.3 is 0 Å². The van der Waals surface area contributed by atoms with Gasteiger partial charge in [0.15, 0.2) is 0 Å². The predicted octanol–water partition coefficient (Wildman–Crippen LogP) is 1.96. The Bertz CT molecular complexity index is 419. The van der Waals surface area contributed by atoms with E-state index in [2.05, 4.69) is 21.2 Å². The number of amides is 2. The lowest BCUT2D eigenvalue weighted by Gasteiger charge is -2.20. The van der Waals surface area contributed by atoms with E-state index in [9.17, 15) is 9.59 Å². The molecule has 0 spiro atoms. The van der Waals surface area contributed by atoms with Gasteiger partial charge in [-0.1, -0.05) is 6.92 Å². The predicted molar refractivity (Wildman–Crippen MR) is 72.2 cm³/mol. The molecule has 0 saturated heterocycles. The summed E-state index contributed by atoms with van der Waals surface area (Å²) in [4.78, 5) is 24.9. The zero-order chi connectivity index (χ0) is 13.0. The summed E-state index contributed by atoms with van der Waals surface area (Å²) < 4.78 is 0.925. The largest absolute Gasteiger partial charge is 0.359 e. The number of carbonyl (C=O) groups is 2. The molecule has 1 aromatic rings. The van der Waals surface area contributed by atoms with E-state index in [4.69, 9.17) is 0 Å². The standard InChI is InChI=1S/C11H15BrN2O2S/c1-7(10(15)13-2)5-14(3)11(16)8-4-9(12)17-6-8/h4,6-7H,5H2,1-3H3,(H,13,15). The Balaban J connectivity index is 2.62. The van der Waals surface area contributed by atoms with Crippen LogP contribution in [0.3, 0.4) is 0 Å².